The number of amides is 1. The van der Waals surface area contributed by atoms with Crippen molar-refractivity contribution in [3.63, 3.8) is 0 Å². The third-order valence-corrected chi connectivity index (χ3v) is 3.70. The maximum Gasteiger partial charge on any atom is 0.227 e. The van der Waals surface area contributed by atoms with Gasteiger partial charge in [-0.05, 0) is 24.1 Å². The van der Waals surface area contributed by atoms with E-state index in [0.29, 0.717) is 43.9 Å². The highest BCUT2D eigenvalue weighted by molar-refractivity contribution is 5.82. The molecule has 1 aliphatic heterocycles. The molecule has 0 unspecified atom stereocenters. The van der Waals surface area contributed by atoms with Crippen LogP contribution in [0.25, 0.3) is 0 Å². The number of rotatable bonds is 4. The van der Waals surface area contributed by atoms with Crippen LogP contribution in [0.4, 0.5) is 0 Å². The molecule has 114 valence electrons. The summed E-state index contributed by atoms with van der Waals surface area (Å²) >= 11 is 0. The Balaban J connectivity index is 2.03. The van der Waals surface area contributed by atoms with Crippen LogP contribution in [-0.4, -0.2) is 43.9 Å². The van der Waals surface area contributed by atoms with Crippen molar-refractivity contribution in [2.45, 2.75) is 25.7 Å². The van der Waals surface area contributed by atoms with Crippen LogP contribution in [0.2, 0.25) is 0 Å². The van der Waals surface area contributed by atoms with E-state index in [1.54, 1.807) is 25.2 Å². The number of likely N-dealkylation sites (tertiary alicyclic amines) is 1. The molecule has 0 radical (unpaired) electrons. The van der Waals surface area contributed by atoms with Crippen molar-refractivity contribution in [3.8, 4) is 11.5 Å². The van der Waals surface area contributed by atoms with Gasteiger partial charge in [0.25, 0.3) is 0 Å². The van der Waals surface area contributed by atoms with E-state index in [0.717, 1.165) is 12.0 Å². The predicted octanol–water partition coefficient (Wildman–Crippen LogP) is 1.83. The molecule has 0 atom stereocenters. The third-order valence-electron chi connectivity index (χ3n) is 3.70. The molecule has 0 saturated carbocycles. The second-order valence-electron chi connectivity index (χ2n) is 5.14. The number of ketones is 1. The first-order chi connectivity index (χ1) is 10.1. The van der Waals surface area contributed by atoms with E-state index in [9.17, 15) is 9.59 Å². The maximum absolute atomic E-state index is 12.3. The van der Waals surface area contributed by atoms with Gasteiger partial charge >= 0.3 is 0 Å². The summed E-state index contributed by atoms with van der Waals surface area (Å²) in [5.74, 6) is 1.57. The number of ether oxygens (including phenoxy) is 2. The topological polar surface area (TPSA) is 55.8 Å². The van der Waals surface area contributed by atoms with Crippen LogP contribution in [0, 0.1) is 0 Å². The first kappa shape index (κ1) is 15.4. The largest absolute Gasteiger partial charge is 0.493 e. The van der Waals surface area contributed by atoms with E-state index in [2.05, 4.69) is 0 Å². The summed E-state index contributed by atoms with van der Waals surface area (Å²) in [7, 11) is 3.15. The molecule has 0 aromatic heterocycles. The van der Waals surface area contributed by atoms with Crippen molar-refractivity contribution in [1.29, 1.82) is 0 Å². The molecule has 1 aromatic carbocycles. The summed E-state index contributed by atoms with van der Waals surface area (Å²) in [5, 5.41) is 0. The number of methoxy groups -OCH3 is 2. The minimum absolute atomic E-state index is 0.0527. The van der Waals surface area contributed by atoms with E-state index in [1.165, 1.54) is 0 Å². The Hall–Kier alpha value is -2.04. The molecule has 0 aliphatic carbocycles. The van der Waals surface area contributed by atoms with Gasteiger partial charge in [0.15, 0.2) is 11.5 Å². The zero-order chi connectivity index (χ0) is 15.2. The molecule has 0 N–H and O–H groups in total. The van der Waals surface area contributed by atoms with E-state index in [-0.39, 0.29) is 11.7 Å². The summed E-state index contributed by atoms with van der Waals surface area (Å²) in [5.41, 5.74) is 0.883. The van der Waals surface area contributed by atoms with Gasteiger partial charge in [0.05, 0.1) is 20.6 Å². The predicted molar refractivity (Wildman–Crippen MR) is 78.7 cm³/mol. The van der Waals surface area contributed by atoms with Gasteiger partial charge in [-0.15, -0.1) is 0 Å². The molecule has 21 heavy (non-hydrogen) atoms. The van der Waals surface area contributed by atoms with Gasteiger partial charge in [-0.3, -0.25) is 9.59 Å². The van der Waals surface area contributed by atoms with Crippen LogP contribution < -0.4 is 9.47 Å². The Morgan fingerprint density at radius 1 is 1.14 bits per heavy atom. The smallest absolute Gasteiger partial charge is 0.227 e. The Morgan fingerprint density at radius 2 is 1.90 bits per heavy atom. The molecular weight excluding hydrogens is 270 g/mol. The summed E-state index contributed by atoms with van der Waals surface area (Å²) in [4.78, 5) is 25.5. The zero-order valence-corrected chi connectivity index (χ0v) is 12.6. The quantitative estimate of drug-likeness (QED) is 0.849. The highest BCUT2D eigenvalue weighted by atomic mass is 16.5. The first-order valence-corrected chi connectivity index (χ1v) is 7.14. The summed E-state index contributed by atoms with van der Waals surface area (Å²) in [6, 6.07) is 5.48. The van der Waals surface area contributed by atoms with E-state index in [4.69, 9.17) is 9.47 Å². The van der Waals surface area contributed by atoms with Crippen molar-refractivity contribution in [2.24, 2.45) is 0 Å². The first-order valence-electron chi connectivity index (χ1n) is 7.14. The minimum atomic E-state index is 0.0527. The lowest BCUT2D eigenvalue weighted by atomic mass is 10.1. The monoisotopic (exact) mass is 291 g/mol. The Labute approximate surface area is 124 Å². The van der Waals surface area contributed by atoms with E-state index >= 15 is 0 Å². The SMILES string of the molecule is COc1ccc(CC(=O)N2CCCC(=O)CC2)cc1OC. The van der Waals surface area contributed by atoms with Gasteiger partial charge in [-0.1, -0.05) is 6.07 Å². The molecule has 1 aliphatic rings. The normalized spacial score (nSPS) is 15.5. The van der Waals surface area contributed by atoms with Crippen LogP contribution in [0.5, 0.6) is 11.5 Å². The van der Waals surface area contributed by atoms with Crippen LogP contribution in [0.15, 0.2) is 18.2 Å². The van der Waals surface area contributed by atoms with Gasteiger partial charge in [-0.25, -0.2) is 0 Å². The molecule has 5 nitrogen and oxygen atoms in total. The Bertz CT molecular complexity index is 527. The molecule has 0 spiro atoms. The molecule has 1 heterocycles. The standard InChI is InChI=1S/C16H21NO4/c1-20-14-6-5-12(10-15(14)21-2)11-16(19)17-8-3-4-13(18)7-9-17/h5-6,10H,3-4,7-9,11H2,1-2H3. The van der Waals surface area contributed by atoms with Crippen molar-refractivity contribution in [2.75, 3.05) is 27.3 Å². The van der Waals surface area contributed by atoms with Gasteiger partial charge in [0, 0.05) is 25.9 Å². The number of hydrogen-bond donors (Lipinski definition) is 0. The number of nitrogens with zero attached hydrogens (tertiary/aromatic N) is 1. The molecular formula is C16H21NO4. The average Bonchev–Trinajstić information content (AvgIpc) is 2.71. The van der Waals surface area contributed by atoms with Gasteiger partial charge in [0.1, 0.15) is 5.78 Å². The molecule has 0 bridgehead atoms. The van der Waals surface area contributed by atoms with E-state index in [1.807, 2.05) is 12.1 Å². The molecule has 5 heteroatoms. The number of Topliss-reactive ketones (excluding diaryl/α,β-unsaturated/α-hetero) is 1. The second-order valence-corrected chi connectivity index (χ2v) is 5.14. The number of benzene rings is 1. The summed E-state index contributed by atoms with van der Waals surface area (Å²) < 4.78 is 10.4. The maximum atomic E-state index is 12.3. The fourth-order valence-corrected chi connectivity index (χ4v) is 2.49. The van der Waals surface area contributed by atoms with Crippen molar-refractivity contribution >= 4 is 11.7 Å². The minimum Gasteiger partial charge on any atom is -0.493 e. The lowest BCUT2D eigenvalue weighted by Gasteiger charge is -2.20. The fourth-order valence-electron chi connectivity index (χ4n) is 2.49. The van der Waals surface area contributed by atoms with Crippen LogP contribution in [0.1, 0.15) is 24.8 Å². The van der Waals surface area contributed by atoms with Gasteiger partial charge in [-0.2, -0.15) is 0 Å². The van der Waals surface area contributed by atoms with E-state index < -0.39 is 0 Å². The second kappa shape index (κ2) is 7.11. The lowest BCUT2D eigenvalue weighted by Crippen LogP contribution is -2.33. The molecule has 1 fully saturated rings. The number of hydrogen-bond acceptors (Lipinski definition) is 4. The third kappa shape index (κ3) is 3.97. The Kier molecular flexibility index (Phi) is 5.20. The lowest BCUT2D eigenvalue weighted by molar-refractivity contribution is -0.130. The van der Waals surface area contributed by atoms with Gasteiger partial charge < -0.3 is 14.4 Å². The number of carbonyl (C=O) groups is 2. The summed E-state index contributed by atoms with van der Waals surface area (Å²) in [6.45, 7) is 1.20. The van der Waals surface area contributed by atoms with Crippen LogP contribution in [-0.2, 0) is 16.0 Å². The van der Waals surface area contributed by atoms with Crippen molar-refractivity contribution < 1.29 is 19.1 Å². The van der Waals surface area contributed by atoms with Crippen LogP contribution >= 0.6 is 0 Å². The zero-order valence-electron chi connectivity index (χ0n) is 12.6. The highest BCUT2D eigenvalue weighted by Crippen LogP contribution is 2.27. The van der Waals surface area contributed by atoms with Gasteiger partial charge in [0.2, 0.25) is 5.91 Å². The molecule has 1 saturated heterocycles. The van der Waals surface area contributed by atoms with Crippen LogP contribution in [0.3, 0.4) is 0 Å². The van der Waals surface area contributed by atoms with Crippen molar-refractivity contribution in [1.82, 2.24) is 4.90 Å². The molecule has 1 aromatic rings. The average molecular weight is 291 g/mol. The highest BCUT2D eigenvalue weighted by Gasteiger charge is 2.19. The number of carbonyl (C=O) groups excluding carboxylic acids is 2. The fraction of sp³-hybridized carbons (Fsp3) is 0.500. The van der Waals surface area contributed by atoms with Crippen molar-refractivity contribution in [3.05, 3.63) is 23.8 Å². The Morgan fingerprint density at radius 3 is 2.62 bits per heavy atom. The molecule has 1 amide bonds. The summed E-state index contributed by atoms with van der Waals surface area (Å²) in [6.07, 6.45) is 2.13. The molecule has 2 rings (SSSR count).